The Bertz CT molecular complexity index is 948. The molecule has 3 nitrogen and oxygen atoms in total. The van der Waals surface area contributed by atoms with Crippen LogP contribution in [-0.2, 0) is 19.6 Å². The van der Waals surface area contributed by atoms with Crippen molar-refractivity contribution in [2.75, 3.05) is 6.61 Å². The summed E-state index contributed by atoms with van der Waals surface area (Å²) in [5.74, 6) is 0.853. The van der Waals surface area contributed by atoms with E-state index in [0.29, 0.717) is 35.7 Å². The maximum absolute atomic E-state index is 13.1. The van der Waals surface area contributed by atoms with Crippen LogP contribution in [0, 0.1) is 5.82 Å². The van der Waals surface area contributed by atoms with E-state index in [2.05, 4.69) is 36.5 Å². The molecule has 31 heavy (non-hydrogen) atoms. The van der Waals surface area contributed by atoms with Gasteiger partial charge in [-0.15, -0.1) is 0 Å². The number of rotatable bonds is 11. The minimum Gasteiger partial charge on any atom is -0.490 e. The van der Waals surface area contributed by atoms with Gasteiger partial charge in [-0.2, -0.15) is 0 Å². The standard InChI is InChI=1S/C26H29ClFNO2/c1-3-30-25-16-22(17-29-19(2)9-10-20-7-5-4-6-8-20)15-24(27)26(25)31-18-21-11-13-23(28)14-12-21/h4-8,11-16,19,29H,3,9-10,17-18H2,1-2H3. The molecule has 3 aromatic rings. The lowest BCUT2D eigenvalue weighted by molar-refractivity contribution is 0.269. The third-order valence-electron chi connectivity index (χ3n) is 5.03. The van der Waals surface area contributed by atoms with Crippen LogP contribution < -0.4 is 14.8 Å². The summed E-state index contributed by atoms with van der Waals surface area (Å²) >= 11 is 6.53. The molecule has 0 aromatic heterocycles. The van der Waals surface area contributed by atoms with Gasteiger partial charge in [-0.1, -0.05) is 54.1 Å². The lowest BCUT2D eigenvalue weighted by Gasteiger charge is -2.17. The van der Waals surface area contributed by atoms with E-state index in [-0.39, 0.29) is 12.4 Å². The molecule has 0 aliphatic rings. The second-order valence-electron chi connectivity index (χ2n) is 7.56. The molecular formula is C26H29ClFNO2. The molecule has 0 heterocycles. The Morgan fingerprint density at radius 3 is 2.39 bits per heavy atom. The van der Waals surface area contributed by atoms with Crippen molar-refractivity contribution < 1.29 is 13.9 Å². The minimum atomic E-state index is -0.272. The zero-order valence-corrected chi connectivity index (χ0v) is 18.8. The Labute approximate surface area is 189 Å². The molecule has 5 heteroatoms. The van der Waals surface area contributed by atoms with Gasteiger partial charge in [0.2, 0.25) is 0 Å². The Morgan fingerprint density at radius 2 is 1.68 bits per heavy atom. The molecule has 0 radical (unpaired) electrons. The average Bonchev–Trinajstić information content (AvgIpc) is 2.78. The second kappa shape index (κ2) is 11.7. The van der Waals surface area contributed by atoms with Gasteiger partial charge in [-0.25, -0.2) is 4.39 Å². The second-order valence-corrected chi connectivity index (χ2v) is 7.97. The minimum absolute atomic E-state index is 0.272. The number of hydrogen-bond acceptors (Lipinski definition) is 3. The molecule has 0 bridgehead atoms. The molecule has 0 amide bonds. The third kappa shape index (κ3) is 7.27. The molecule has 0 aliphatic heterocycles. The van der Waals surface area contributed by atoms with Crippen LogP contribution in [0.5, 0.6) is 11.5 Å². The summed E-state index contributed by atoms with van der Waals surface area (Å²) in [7, 11) is 0. The molecule has 1 N–H and O–H groups in total. The third-order valence-corrected chi connectivity index (χ3v) is 5.31. The van der Waals surface area contributed by atoms with E-state index >= 15 is 0 Å². The molecule has 3 aromatic carbocycles. The molecule has 0 fully saturated rings. The molecular weight excluding hydrogens is 413 g/mol. The van der Waals surface area contributed by atoms with E-state index in [9.17, 15) is 4.39 Å². The summed E-state index contributed by atoms with van der Waals surface area (Å²) < 4.78 is 24.8. The Balaban J connectivity index is 1.60. The van der Waals surface area contributed by atoms with E-state index in [0.717, 1.165) is 24.0 Å². The fourth-order valence-corrected chi connectivity index (χ4v) is 3.57. The van der Waals surface area contributed by atoms with Crippen LogP contribution in [0.2, 0.25) is 5.02 Å². The van der Waals surface area contributed by atoms with Gasteiger partial charge in [0, 0.05) is 12.6 Å². The zero-order chi connectivity index (χ0) is 22.1. The van der Waals surface area contributed by atoms with Gasteiger partial charge in [-0.05, 0) is 67.6 Å². The first-order valence-electron chi connectivity index (χ1n) is 10.6. The summed E-state index contributed by atoms with van der Waals surface area (Å²) in [6.07, 6.45) is 2.09. The topological polar surface area (TPSA) is 30.5 Å². The molecule has 1 atom stereocenters. The van der Waals surface area contributed by atoms with Crippen molar-refractivity contribution in [2.45, 2.75) is 45.9 Å². The monoisotopic (exact) mass is 441 g/mol. The van der Waals surface area contributed by atoms with Crippen LogP contribution >= 0.6 is 11.6 Å². The van der Waals surface area contributed by atoms with Crippen LogP contribution in [0.4, 0.5) is 4.39 Å². The molecule has 3 rings (SSSR count). The van der Waals surface area contributed by atoms with Crippen LogP contribution in [0.1, 0.15) is 37.0 Å². The van der Waals surface area contributed by atoms with Crippen LogP contribution in [0.15, 0.2) is 66.7 Å². The van der Waals surface area contributed by atoms with E-state index in [1.807, 2.05) is 25.1 Å². The summed E-state index contributed by atoms with van der Waals surface area (Å²) in [6, 6.07) is 21.0. The first kappa shape index (κ1) is 23.1. The van der Waals surface area contributed by atoms with Crippen molar-refractivity contribution in [3.8, 4) is 11.5 Å². The Morgan fingerprint density at radius 1 is 0.935 bits per heavy atom. The van der Waals surface area contributed by atoms with Crippen molar-refractivity contribution in [3.63, 3.8) is 0 Å². The number of halogens is 2. The molecule has 164 valence electrons. The fourth-order valence-electron chi connectivity index (χ4n) is 3.28. The normalized spacial score (nSPS) is 11.9. The predicted octanol–water partition coefficient (Wildman–Crippen LogP) is 6.57. The van der Waals surface area contributed by atoms with Crippen LogP contribution in [-0.4, -0.2) is 12.6 Å². The van der Waals surface area contributed by atoms with Crippen molar-refractivity contribution >= 4 is 11.6 Å². The number of benzene rings is 3. The Hall–Kier alpha value is -2.56. The highest BCUT2D eigenvalue weighted by molar-refractivity contribution is 6.32. The summed E-state index contributed by atoms with van der Waals surface area (Å²) in [6.45, 7) is 5.60. The molecule has 0 aliphatic carbocycles. The van der Waals surface area contributed by atoms with Crippen molar-refractivity contribution in [1.29, 1.82) is 0 Å². The van der Waals surface area contributed by atoms with Gasteiger partial charge in [0.05, 0.1) is 11.6 Å². The van der Waals surface area contributed by atoms with Gasteiger partial charge < -0.3 is 14.8 Å². The number of ether oxygens (including phenoxy) is 2. The fraction of sp³-hybridized carbons (Fsp3) is 0.308. The number of hydrogen-bond donors (Lipinski definition) is 1. The van der Waals surface area contributed by atoms with E-state index in [1.54, 1.807) is 12.1 Å². The maximum Gasteiger partial charge on any atom is 0.180 e. The van der Waals surface area contributed by atoms with E-state index in [1.165, 1.54) is 17.7 Å². The van der Waals surface area contributed by atoms with E-state index < -0.39 is 0 Å². The lowest BCUT2D eigenvalue weighted by atomic mass is 10.1. The van der Waals surface area contributed by atoms with Crippen molar-refractivity contribution in [2.24, 2.45) is 0 Å². The lowest BCUT2D eigenvalue weighted by Crippen LogP contribution is -2.26. The zero-order valence-electron chi connectivity index (χ0n) is 18.0. The molecule has 0 spiro atoms. The maximum atomic E-state index is 13.1. The van der Waals surface area contributed by atoms with Gasteiger partial charge in [-0.3, -0.25) is 0 Å². The van der Waals surface area contributed by atoms with Gasteiger partial charge >= 0.3 is 0 Å². The van der Waals surface area contributed by atoms with Gasteiger partial charge in [0.25, 0.3) is 0 Å². The average molecular weight is 442 g/mol. The smallest absolute Gasteiger partial charge is 0.180 e. The molecule has 0 saturated heterocycles. The number of aryl methyl sites for hydroxylation is 1. The quantitative estimate of drug-likeness (QED) is 0.365. The highest BCUT2D eigenvalue weighted by Gasteiger charge is 2.14. The molecule has 0 saturated carbocycles. The van der Waals surface area contributed by atoms with Crippen molar-refractivity contribution in [3.05, 3.63) is 94.3 Å². The molecule has 1 unspecified atom stereocenters. The van der Waals surface area contributed by atoms with Crippen molar-refractivity contribution in [1.82, 2.24) is 5.32 Å². The Kier molecular flexibility index (Phi) is 8.74. The van der Waals surface area contributed by atoms with Crippen LogP contribution in [0.25, 0.3) is 0 Å². The number of nitrogens with one attached hydrogen (secondary N) is 1. The largest absolute Gasteiger partial charge is 0.490 e. The highest BCUT2D eigenvalue weighted by atomic mass is 35.5. The predicted molar refractivity (Wildman–Crippen MR) is 124 cm³/mol. The van der Waals surface area contributed by atoms with Crippen LogP contribution in [0.3, 0.4) is 0 Å². The highest BCUT2D eigenvalue weighted by Crippen LogP contribution is 2.37. The first-order chi connectivity index (χ1) is 15.0. The summed E-state index contributed by atoms with van der Waals surface area (Å²) in [5.41, 5.74) is 3.24. The SMILES string of the molecule is CCOc1cc(CNC(C)CCc2ccccc2)cc(Cl)c1OCc1ccc(F)cc1. The van der Waals surface area contributed by atoms with Gasteiger partial charge in [0.1, 0.15) is 12.4 Å². The summed E-state index contributed by atoms with van der Waals surface area (Å²) in [4.78, 5) is 0. The summed E-state index contributed by atoms with van der Waals surface area (Å²) in [5, 5.41) is 4.06. The van der Waals surface area contributed by atoms with Gasteiger partial charge in [0.15, 0.2) is 11.5 Å². The first-order valence-corrected chi connectivity index (χ1v) is 11.0. The van der Waals surface area contributed by atoms with E-state index in [4.69, 9.17) is 21.1 Å².